The molecule has 1 N–H and O–H groups in total. The second kappa shape index (κ2) is 13.1. The third-order valence-corrected chi connectivity index (χ3v) is 3.44. The minimum atomic E-state index is 0. The van der Waals surface area contributed by atoms with E-state index in [-0.39, 0.29) is 24.8 Å². The van der Waals surface area contributed by atoms with Gasteiger partial charge in [0, 0.05) is 0 Å². The van der Waals surface area contributed by atoms with Gasteiger partial charge in [-0.25, -0.2) is 5.57 Å². The van der Waals surface area contributed by atoms with E-state index in [0.717, 1.165) is 11.1 Å². The van der Waals surface area contributed by atoms with Crippen molar-refractivity contribution >= 4 is 4.82 Å². The molecule has 22 heavy (non-hydrogen) atoms. The number of aryl methyl sites for hydroxylation is 2. The number of allylic oxidation sites excluding steroid dienone is 4. The first-order valence-electron chi connectivity index (χ1n) is 6.71. The summed E-state index contributed by atoms with van der Waals surface area (Å²) in [7, 11) is 0. The van der Waals surface area contributed by atoms with E-state index in [9.17, 15) is 0 Å². The van der Waals surface area contributed by atoms with E-state index in [0.29, 0.717) is 11.7 Å². The van der Waals surface area contributed by atoms with Crippen LogP contribution in [0.3, 0.4) is 0 Å². The van der Waals surface area contributed by atoms with Crippen LogP contribution in [0.4, 0.5) is 0 Å². The van der Waals surface area contributed by atoms with Crippen LogP contribution < -0.4 is 24.8 Å². The summed E-state index contributed by atoms with van der Waals surface area (Å²) in [5.41, 5.74) is 6.45. The van der Waals surface area contributed by atoms with Crippen LogP contribution in [0.2, 0.25) is 0 Å². The molecule has 0 aliphatic heterocycles. The van der Waals surface area contributed by atoms with Gasteiger partial charge in [0.1, 0.15) is 5.75 Å². The van der Waals surface area contributed by atoms with Crippen molar-refractivity contribution < 1.29 is 49.9 Å². The molecule has 0 saturated heterocycles. The van der Waals surface area contributed by atoms with E-state index in [4.69, 9.17) is 5.11 Å². The molecule has 0 aromatic heterocycles. The molecule has 4 heteroatoms. The van der Waals surface area contributed by atoms with Crippen molar-refractivity contribution in [1.82, 2.24) is 0 Å². The summed E-state index contributed by atoms with van der Waals surface area (Å²) < 4.78 is 0. The van der Waals surface area contributed by atoms with Crippen LogP contribution in [0.1, 0.15) is 38.8 Å². The average Bonchev–Trinajstić information content (AvgIpc) is 2.58. The molecule has 123 valence electrons. The van der Waals surface area contributed by atoms with Crippen LogP contribution in [-0.4, -0.2) is 9.92 Å². The Morgan fingerprint density at radius 2 is 1.36 bits per heavy atom. The maximum atomic E-state index is 8.99. The molecule has 1 aromatic rings. The molecule has 1 aliphatic carbocycles. The normalized spacial score (nSPS) is 15.3. The molecule has 0 spiro atoms. The summed E-state index contributed by atoms with van der Waals surface area (Å²) >= 11 is 1.75. The molecular weight excluding hydrogens is 351 g/mol. The molecule has 1 atom stereocenters. The predicted molar refractivity (Wildman–Crippen MR) is 84.7 cm³/mol. The molecule has 0 radical (unpaired) electrons. The maximum Gasteiger partial charge on any atom is -1.00 e. The summed E-state index contributed by atoms with van der Waals surface area (Å²) in [6, 6.07) is 5.51. The molecular formula is C18H25Cl2OTi-2. The second-order valence-electron chi connectivity index (χ2n) is 5.14. The quantitative estimate of drug-likeness (QED) is 0.441. The van der Waals surface area contributed by atoms with Gasteiger partial charge in [0.2, 0.25) is 0 Å². The van der Waals surface area contributed by atoms with Crippen LogP contribution in [0.15, 0.2) is 34.9 Å². The minimum Gasteiger partial charge on any atom is -1.00 e. The fraction of sp³-hybridized carbons (Fsp3) is 0.389. The molecule has 1 aliphatic rings. The number of hydrogen-bond donors (Lipinski definition) is 1. The summed E-state index contributed by atoms with van der Waals surface area (Å²) in [4.78, 5) is 3.25. The van der Waals surface area contributed by atoms with Gasteiger partial charge < -0.3 is 29.9 Å². The van der Waals surface area contributed by atoms with E-state index in [2.05, 4.69) is 38.6 Å². The van der Waals surface area contributed by atoms with Gasteiger partial charge in [-0.1, -0.05) is 32.8 Å². The molecule has 1 unspecified atom stereocenters. The molecule has 0 fully saturated rings. The molecule has 0 heterocycles. The summed E-state index contributed by atoms with van der Waals surface area (Å²) in [5.74, 6) is 0.914. The smallest absolute Gasteiger partial charge is 1.00 e. The fourth-order valence-electron chi connectivity index (χ4n) is 2.11. The Hall–Kier alpha value is -0.336. The van der Waals surface area contributed by atoms with Gasteiger partial charge in [-0.3, -0.25) is 6.08 Å². The number of halogens is 2. The van der Waals surface area contributed by atoms with Crippen LogP contribution in [0.25, 0.3) is 0 Å². The van der Waals surface area contributed by atoms with Gasteiger partial charge in [0.25, 0.3) is 0 Å². The second-order valence-corrected chi connectivity index (χ2v) is 5.14. The van der Waals surface area contributed by atoms with Gasteiger partial charge in [-0.05, 0) is 37.1 Å². The van der Waals surface area contributed by atoms with Crippen LogP contribution in [-0.2, 0) is 20.0 Å². The Bertz CT molecular complexity index is 471. The Balaban J connectivity index is -0.000000273. The van der Waals surface area contributed by atoms with Gasteiger partial charge in [0.15, 0.2) is 0 Å². The zero-order chi connectivity index (χ0) is 15.9. The minimum absolute atomic E-state index is 0. The number of hydrogen-bond acceptors (Lipinski definition) is 1. The van der Waals surface area contributed by atoms with Gasteiger partial charge in [0.05, 0.1) is 0 Å². The molecule has 1 nitrogen and oxygen atoms in total. The fourth-order valence-corrected chi connectivity index (χ4v) is 2.11. The number of phenolic OH excluding ortho intramolecular Hbond substituents is 1. The van der Waals surface area contributed by atoms with Gasteiger partial charge in [-0.15, -0.1) is 6.92 Å². The topological polar surface area (TPSA) is 20.2 Å². The molecule has 2 rings (SSSR count). The van der Waals surface area contributed by atoms with E-state index in [1.165, 1.54) is 16.7 Å². The first-order valence-corrected chi connectivity index (χ1v) is 7.82. The summed E-state index contributed by atoms with van der Waals surface area (Å²) in [6.07, 6.45) is 3.36. The summed E-state index contributed by atoms with van der Waals surface area (Å²) in [5, 5.41) is 8.99. The van der Waals surface area contributed by atoms with E-state index >= 15 is 0 Å². The van der Waals surface area contributed by atoms with E-state index in [1.54, 1.807) is 32.1 Å². The first-order chi connectivity index (χ1) is 9.31. The number of phenols is 1. The molecule has 0 bridgehead atoms. The van der Waals surface area contributed by atoms with E-state index in [1.807, 2.05) is 19.9 Å². The molecule has 0 saturated carbocycles. The third-order valence-electron chi connectivity index (χ3n) is 3.44. The maximum absolute atomic E-state index is 8.99. The van der Waals surface area contributed by atoms with Crippen molar-refractivity contribution in [2.45, 2.75) is 41.5 Å². The van der Waals surface area contributed by atoms with Crippen molar-refractivity contribution in [2.75, 3.05) is 0 Å². The molecule has 1 aromatic carbocycles. The van der Waals surface area contributed by atoms with Crippen LogP contribution >= 0.6 is 0 Å². The first kappa shape index (κ1) is 26.6. The Morgan fingerprint density at radius 3 is 1.55 bits per heavy atom. The molecule has 0 amide bonds. The van der Waals surface area contributed by atoms with Crippen molar-refractivity contribution in [3.05, 3.63) is 52.1 Å². The largest absolute Gasteiger partial charge is 1.00 e. The zero-order valence-electron chi connectivity index (χ0n) is 14.2. The van der Waals surface area contributed by atoms with Crippen molar-refractivity contribution in [2.24, 2.45) is 5.92 Å². The standard InChI is InChI=1S/C9H13.C8H10O.CH2.2ClH.Ti/c1-6-5-7(2)9(4)8(6)3;1-6-3-7(2)5-8(9)4-6;;;;/h6H,1-4H3;3-5,9H,1-2H3;1H2;2*1H;/q-1;;;;;+1/p-2. The SMILES string of the molecule is CC1=[C-]C(C)C(C)=C1C.Cc1cc(C)cc(O)c1.[CH2]=[Ti+].[Cl-].[Cl-]. The zero-order valence-corrected chi connectivity index (χ0v) is 17.3. The van der Waals surface area contributed by atoms with Gasteiger partial charge >= 0.3 is 24.8 Å². The van der Waals surface area contributed by atoms with Gasteiger partial charge in [-0.2, -0.15) is 11.1 Å². The monoisotopic (exact) mass is 375 g/mol. The van der Waals surface area contributed by atoms with Crippen LogP contribution in [0.5, 0.6) is 5.75 Å². The Morgan fingerprint density at radius 1 is 0.955 bits per heavy atom. The third kappa shape index (κ3) is 8.95. The van der Waals surface area contributed by atoms with Crippen molar-refractivity contribution in [3.63, 3.8) is 0 Å². The van der Waals surface area contributed by atoms with Crippen molar-refractivity contribution in [3.8, 4) is 5.75 Å². The Kier molecular flexibility index (Phi) is 15.9. The van der Waals surface area contributed by atoms with Crippen molar-refractivity contribution in [1.29, 1.82) is 0 Å². The summed E-state index contributed by atoms with van der Waals surface area (Å²) in [6.45, 7) is 12.6. The van der Waals surface area contributed by atoms with Crippen LogP contribution in [0, 0.1) is 25.8 Å². The van der Waals surface area contributed by atoms with E-state index < -0.39 is 0 Å². The number of rotatable bonds is 0. The number of benzene rings is 1. The predicted octanol–water partition coefficient (Wildman–Crippen LogP) is -1.30. The Labute approximate surface area is 159 Å². The number of aromatic hydroxyl groups is 1. The average molecular weight is 376 g/mol.